The molecule has 1 aromatic carbocycles. The van der Waals surface area contributed by atoms with Crippen LogP contribution in [0.3, 0.4) is 0 Å². The van der Waals surface area contributed by atoms with E-state index in [9.17, 15) is 9.90 Å². The molecule has 0 amide bonds. The molecule has 2 N–H and O–H groups in total. The summed E-state index contributed by atoms with van der Waals surface area (Å²) < 4.78 is 0.713. The molecule has 0 saturated heterocycles. The zero-order valence-corrected chi connectivity index (χ0v) is 8.63. The smallest absolute Gasteiger partial charge is 0.339 e. The number of carbonyl (C=O) groups is 1. The van der Waals surface area contributed by atoms with Crippen molar-refractivity contribution in [3.05, 3.63) is 27.7 Å². The second kappa shape index (κ2) is 3.79. The van der Waals surface area contributed by atoms with Crippen LogP contribution in [0.25, 0.3) is 0 Å². The van der Waals surface area contributed by atoms with E-state index < -0.39 is 5.97 Å². The topological polar surface area (TPSA) is 57.5 Å². The third-order valence-corrected chi connectivity index (χ3v) is 2.51. The van der Waals surface area contributed by atoms with E-state index in [2.05, 4.69) is 15.9 Å². The average Bonchev–Trinajstić information content (AvgIpc) is 2.07. The first-order chi connectivity index (χ1) is 6.06. The monoisotopic (exact) mass is 244 g/mol. The maximum atomic E-state index is 10.6. The molecule has 0 bridgehead atoms. The van der Waals surface area contributed by atoms with Gasteiger partial charge in [-0.05, 0) is 24.1 Å². The van der Waals surface area contributed by atoms with Crippen molar-refractivity contribution >= 4 is 21.9 Å². The molecular formula is C9H9BrO3. The molecule has 0 spiro atoms. The van der Waals surface area contributed by atoms with Crippen LogP contribution in [0.4, 0.5) is 0 Å². The molecule has 0 fully saturated rings. The predicted molar refractivity (Wildman–Crippen MR) is 52.1 cm³/mol. The number of phenols is 1. The summed E-state index contributed by atoms with van der Waals surface area (Å²) in [5.41, 5.74) is 0.812. The number of halogens is 1. The fourth-order valence-electron chi connectivity index (χ4n) is 1.05. The average molecular weight is 245 g/mol. The van der Waals surface area contributed by atoms with Crippen LogP contribution in [-0.2, 0) is 6.42 Å². The number of hydrogen-bond acceptors (Lipinski definition) is 2. The molecule has 1 aromatic rings. The SMILES string of the molecule is CCc1cc(O)c(C(=O)O)cc1Br. The Kier molecular flexibility index (Phi) is 2.93. The molecule has 1 rings (SSSR count). The third kappa shape index (κ3) is 2.01. The highest BCUT2D eigenvalue weighted by Gasteiger charge is 2.11. The van der Waals surface area contributed by atoms with E-state index in [1.165, 1.54) is 12.1 Å². The highest BCUT2D eigenvalue weighted by Crippen LogP contribution is 2.26. The Hall–Kier alpha value is -1.03. The second-order valence-corrected chi connectivity index (χ2v) is 3.47. The van der Waals surface area contributed by atoms with Crippen LogP contribution in [0.5, 0.6) is 5.75 Å². The van der Waals surface area contributed by atoms with E-state index in [4.69, 9.17) is 5.11 Å². The molecule has 0 aliphatic heterocycles. The molecule has 0 saturated carbocycles. The van der Waals surface area contributed by atoms with Gasteiger partial charge in [0, 0.05) is 4.47 Å². The van der Waals surface area contributed by atoms with Gasteiger partial charge in [-0.1, -0.05) is 22.9 Å². The molecule has 0 heterocycles. The molecule has 70 valence electrons. The van der Waals surface area contributed by atoms with Crippen LogP contribution >= 0.6 is 15.9 Å². The van der Waals surface area contributed by atoms with Gasteiger partial charge >= 0.3 is 5.97 Å². The van der Waals surface area contributed by atoms with Gasteiger partial charge in [0.2, 0.25) is 0 Å². The largest absolute Gasteiger partial charge is 0.507 e. The summed E-state index contributed by atoms with van der Waals surface area (Å²) >= 11 is 3.24. The lowest BCUT2D eigenvalue weighted by Crippen LogP contribution is -1.98. The lowest BCUT2D eigenvalue weighted by atomic mass is 10.1. The van der Waals surface area contributed by atoms with Gasteiger partial charge in [-0.3, -0.25) is 0 Å². The molecule has 0 atom stereocenters. The van der Waals surface area contributed by atoms with Crippen molar-refractivity contribution < 1.29 is 15.0 Å². The molecule has 0 aromatic heterocycles. The van der Waals surface area contributed by atoms with Crippen molar-refractivity contribution in [1.29, 1.82) is 0 Å². The summed E-state index contributed by atoms with van der Waals surface area (Å²) in [6.45, 7) is 1.93. The van der Waals surface area contributed by atoms with Gasteiger partial charge in [0.25, 0.3) is 0 Å². The van der Waals surface area contributed by atoms with Crippen LogP contribution in [0.2, 0.25) is 0 Å². The minimum Gasteiger partial charge on any atom is -0.507 e. The van der Waals surface area contributed by atoms with Crippen LogP contribution in [-0.4, -0.2) is 16.2 Å². The number of carboxylic acid groups (broad SMARTS) is 1. The van der Waals surface area contributed by atoms with Crippen molar-refractivity contribution in [2.45, 2.75) is 13.3 Å². The molecule has 13 heavy (non-hydrogen) atoms. The molecule has 0 radical (unpaired) electrons. The van der Waals surface area contributed by atoms with E-state index in [1.807, 2.05) is 6.92 Å². The first kappa shape index (κ1) is 10.1. The first-order valence-electron chi connectivity index (χ1n) is 3.81. The highest BCUT2D eigenvalue weighted by molar-refractivity contribution is 9.10. The number of rotatable bonds is 2. The first-order valence-corrected chi connectivity index (χ1v) is 4.60. The van der Waals surface area contributed by atoms with Crippen molar-refractivity contribution in [3.63, 3.8) is 0 Å². The van der Waals surface area contributed by atoms with Gasteiger partial charge in [0.05, 0.1) is 0 Å². The highest BCUT2D eigenvalue weighted by atomic mass is 79.9. The zero-order chi connectivity index (χ0) is 10.0. The minimum atomic E-state index is -1.12. The number of aromatic carboxylic acids is 1. The van der Waals surface area contributed by atoms with Crippen LogP contribution < -0.4 is 0 Å². The summed E-state index contributed by atoms with van der Waals surface area (Å²) in [6.07, 6.45) is 0.744. The summed E-state index contributed by atoms with van der Waals surface area (Å²) in [7, 11) is 0. The summed E-state index contributed by atoms with van der Waals surface area (Å²) in [5.74, 6) is -1.31. The summed E-state index contributed by atoms with van der Waals surface area (Å²) in [4.78, 5) is 10.6. The Morgan fingerprint density at radius 1 is 1.54 bits per heavy atom. The number of benzene rings is 1. The van der Waals surface area contributed by atoms with Gasteiger partial charge in [0.15, 0.2) is 0 Å². The molecule has 3 nitrogen and oxygen atoms in total. The molecule has 0 unspecified atom stereocenters. The van der Waals surface area contributed by atoms with Crippen molar-refractivity contribution in [1.82, 2.24) is 0 Å². The Morgan fingerprint density at radius 3 is 2.62 bits per heavy atom. The van der Waals surface area contributed by atoms with E-state index >= 15 is 0 Å². The number of aryl methyl sites for hydroxylation is 1. The molecule has 0 aliphatic rings. The number of hydrogen-bond donors (Lipinski definition) is 2. The molecule has 4 heteroatoms. The third-order valence-electron chi connectivity index (χ3n) is 1.78. The zero-order valence-electron chi connectivity index (χ0n) is 7.04. The normalized spacial score (nSPS) is 10.0. The summed E-state index contributed by atoms with van der Waals surface area (Å²) in [6, 6.07) is 2.88. The van der Waals surface area contributed by atoms with Gasteiger partial charge in [-0.2, -0.15) is 0 Å². The van der Waals surface area contributed by atoms with Crippen molar-refractivity contribution in [2.75, 3.05) is 0 Å². The quantitative estimate of drug-likeness (QED) is 0.841. The predicted octanol–water partition coefficient (Wildman–Crippen LogP) is 2.42. The molecular weight excluding hydrogens is 236 g/mol. The lowest BCUT2D eigenvalue weighted by molar-refractivity contribution is 0.0693. The van der Waals surface area contributed by atoms with Crippen molar-refractivity contribution in [2.24, 2.45) is 0 Å². The number of carboxylic acids is 1. The van der Waals surface area contributed by atoms with E-state index in [0.29, 0.717) is 4.47 Å². The fraction of sp³-hybridized carbons (Fsp3) is 0.222. The van der Waals surface area contributed by atoms with Gasteiger partial charge < -0.3 is 10.2 Å². The molecule has 0 aliphatic carbocycles. The minimum absolute atomic E-state index is 0.0796. The van der Waals surface area contributed by atoms with Gasteiger partial charge in [0.1, 0.15) is 11.3 Å². The van der Waals surface area contributed by atoms with Crippen LogP contribution in [0.15, 0.2) is 16.6 Å². The van der Waals surface area contributed by atoms with E-state index in [0.717, 1.165) is 12.0 Å². The van der Waals surface area contributed by atoms with E-state index in [1.54, 1.807) is 0 Å². The van der Waals surface area contributed by atoms with E-state index in [-0.39, 0.29) is 11.3 Å². The lowest BCUT2D eigenvalue weighted by Gasteiger charge is -2.04. The Balaban J connectivity index is 3.28. The Labute approximate surface area is 84.1 Å². The second-order valence-electron chi connectivity index (χ2n) is 2.62. The summed E-state index contributed by atoms with van der Waals surface area (Å²) in [5, 5.41) is 18.0. The maximum Gasteiger partial charge on any atom is 0.339 e. The van der Waals surface area contributed by atoms with Crippen LogP contribution in [0.1, 0.15) is 22.8 Å². The maximum absolute atomic E-state index is 10.6. The van der Waals surface area contributed by atoms with Gasteiger partial charge in [-0.25, -0.2) is 4.79 Å². The standard InChI is InChI=1S/C9H9BrO3/c1-2-5-3-8(11)6(9(12)13)4-7(5)10/h3-4,11H,2H2,1H3,(H,12,13). The Morgan fingerprint density at radius 2 is 2.15 bits per heavy atom. The fourth-order valence-corrected chi connectivity index (χ4v) is 1.67. The van der Waals surface area contributed by atoms with Gasteiger partial charge in [-0.15, -0.1) is 0 Å². The Bertz CT molecular complexity index is 347. The number of aromatic hydroxyl groups is 1. The van der Waals surface area contributed by atoms with Crippen molar-refractivity contribution in [3.8, 4) is 5.75 Å². The van der Waals surface area contributed by atoms with Crippen LogP contribution in [0, 0.1) is 0 Å².